The molecule has 0 bridgehead atoms. The molecule has 16 heavy (non-hydrogen) atoms. The number of benzene rings is 1. The summed E-state index contributed by atoms with van der Waals surface area (Å²) in [6.45, 7) is 1.53. The number of rotatable bonds is 4. The molecule has 86 valence electrons. The first kappa shape index (κ1) is 11.2. The zero-order valence-electron chi connectivity index (χ0n) is 9.22. The molecule has 1 saturated carbocycles. The number of carbonyl (C=O) groups excluding carboxylic acids is 1. The van der Waals surface area contributed by atoms with Crippen LogP contribution in [0, 0.1) is 24.5 Å². The van der Waals surface area contributed by atoms with Crippen LogP contribution in [-0.2, 0) is 0 Å². The van der Waals surface area contributed by atoms with Crippen LogP contribution < -0.4 is 0 Å². The Morgan fingerprint density at radius 1 is 1.38 bits per heavy atom. The van der Waals surface area contributed by atoms with E-state index in [2.05, 4.69) is 0 Å². The second kappa shape index (κ2) is 4.32. The Labute approximate surface area is 93.5 Å². The van der Waals surface area contributed by atoms with E-state index in [0.29, 0.717) is 11.5 Å². The van der Waals surface area contributed by atoms with Gasteiger partial charge in [0.2, 0.25) is 0 Å². The fourth-order valence-electron chi connectivity index (χ4n) is 1.78. The summed E-state index contributed by atoms with van der Waals surface area (Å²) in [6.07, 6.45) is 3.30. The van der Waals surface area contributed by atoms with Crippen LogP contribution in [0.4, 0.5) is 8.78 Å². The van der Waals surface area contributed by atoms with Crippen molar-refractivity contribution in [3.8, 4) is 0 Å². The quantitative estimate of drug-likeness (QED) is 0.713. The van der Waals surface area contributed by atoms with E-state index in [1.165, 1.54) is 13.0 Å². The average molecular weight is 224 g/mol. The number of Topliss-reactive ketones (excluding diaryl/α,β-unsaturated/α-hetero) is 1. The van der Waals surface area contributed by atoms with E-state index in [-0.39, 0.29) is 12.0 Å². The van der Waals surface area contributed by atoms with E-state index in [0.717, 1.165) is 25.3 Å². The van der Waals surface area contributed by atoms with Gasteiger partial charge in [-0.2, -0.15) is 0 Å². The minimum atomic E-state index is -0.746. The Kier molecular flexibility index (Phi) is 3.03. The highest BCUT2D eigenvalue weighted by Gasteiger charge is 2.24. The van der Waals surface area contributed by atoms with Gasteiger partial charge in [-0.05, 0) is 30.9 Å². The topological polar surface area (TPSA) is 17.1 Å². The van der Waals surface area contributed by atoms with Gasteiger partial charge >= 0.3 is 0 Å². The molecular weight excluding hydrogens is 210 g/mol. The normalized spacial score (nSPS) is 15.2. The molecule has 0 N–H and O–H groups in total. The van der Waals surface area contributed by atoms with Gasteiger partial charge in [0.05, 0.1) is 5.56 Å². The summed E-state index contributed by atoms with van der Waals surface area (Å²) in [5, 5.41) is 0. The fraction of sp³-hybridized carbons (Fsp3) is 0.462. The number of carbonyl (C=O) groups is 1. The van der Waals surface area contributed by atoms with Crippen molar-refractivity contribution >= 4 is 5.78 Å². The highest BCUT2D eigenvalue weighted by Crippen LogP contribution is 2.34. The van der Waals surface area contributed by atoms with Gasteiger partial charge < -0.3 is 0 Å². The summed E-state index contributed by atoms with van der Waals surface area (Å²) in [6, 6.07) is 2.51. The molecule has 0 amide bonds. The second-order valence-electron chi connectivity index (χ2n) is 4.46. The number of halogens is 2. The first-order valence-corrected chi connectivity index (χ1v) is 5.57. The van der Waals surface area contributed by atoms with Gasteiger partial charge in [0.25, 0.3) is 0 Å². The van der Waals surface area contributed by atoms with Crippen LogP contribution in [0.15, 0.2) is 12.1 Å². The molecule has 0 heterocycles. The van der Waals surface area contributed by atoms with Crippen LogP contribution in [0.3, 0.4) is 0 Å². The predicted octanol–water partition coefficient (Wildman–Crippen LogP) is 3.65. The minimum Gasteiger partial charge on any atom is -0.294 e. The standard InChI is InChI=1S/C13H14F2O/c1-8-2-6-10(14)12(13(8)15)11(16)7-5-9-3-4-9/h2,6,9H,3-5,7H2,1H3. The largest absolute Gasteiger partial charge is 0.294 e. The monoisotopic (exact) mass is 224 g/mol. The van der Waals surface area contributed by atoms with Crippen molar-refractivity contribution in [2.75, 3.05) is 0 Å². The van der Waals surface area contributed by atoms with Crippen molar-refractivity contribution in [2.24, 2.45) is 5.92 Å². The van der Waals surface area contributed by atoms with Crippen LogP contribution in [0.1, 0.15) is 41.6 Å². The van der Waals surface area contributed by atoms with Crippen LogP contribution in [0.25, 0.3) is 0 Å². The molecule has 1 aliphatic rings. The SMILES string of the molecule is Cc1ccc(F)c(C(=O)CCC2CC2)c1F. The number of hydrogen-bond acceptors (Lipinski definition) is 1. The summed E-state index contributed by atoms with van der Waals surface area (Å²) < 4.78 is 27.0. The molecule has 0 atom stereocenters. The summed E-state index contributed by atoms with van der Waals surface area (Å²) in [5.74, 6) is -1.27. The number of ketones is 1. The molecule has 0 radical (unpaired) electrons. The van der Waals surface area contributed by atoms with Crippen molar-refractivity contribution < 1.29 is 13.6 Å². The summed E-state index contributed by atoms with van der Waals surface area (Å²) in [5.41, 5.74) is -0.0446. The molecule has 0 saturated heterocycles. The summed E-state index contributed by atoms with van der Waals surface area (Å²) >= 11 is 0. The van der Waals surface area contributed by atoms with Crippen molar-refractivity contribution in [3.63, 3.8) is 0 Å². The highest BCUT2D eigenvalue weighted by molar-refractivity contribution is 5.96. The number of hydrogen-bond donors (Lipinski definition) is 0. The van der Waals surface area contributed by atoms with Crippen molar-refractivity contribution in [2.45, 2.75) is 32.6 Å². The summed E-state index contributed by atoms with van der Waals surface area (Å²) in [7, 11) is 0. The van der Waals surface area contributed by atoms with Crippen molar-refractivity contribution in [1.29, 1.82) is 0 Å². The Morgan fingerprint density at radius 2 is 2.06 bits per heavy atom. The average Bonchev–Trinajstić information content (AvgIpc) is 3.05. The Balaban J connectivity index is 2.17. The third-order valence-corrected chi connectivity index (χ3v) is 3.04. The van der Waals surface area contributed by atoms with Crippen LogP contribution in [-0.4, -0.2) is 5.78 Å². The molecule has 1 aromatic carbocycles. The zero-order valence-corrected chi connectivity index (χ0v) is 9.22. The van der Waals surface area contributed by atoms with E-state index in [1.54, 1.807) is 0 Å². The minimum absolute atomic E-state index is 0.252. The molecule has 2 rings (SSSR count). The molecule has 0 spiro atoms. The molecule has 0 aliphatic heterocycles. The lowest BCUT2D eigenvalue weighted by atomic mass is 10.0. The first-order chi connectivity index (χ1) is 7.59. The third-order valence-electron chi connectivity index (χ3n) is 3.04. The predicted molar refractivity (Wildman–Crippen MR) is 57.4 cm³/mol. The van der Waals surface area contributed by atoms with Gasteiger partial charge in [0.1, 0.15) is 11.6 Å². The lowest BCUT2D eigenvalue weighted by Gasteiger charge is -2.06. The van der Waals surface area contributed by atoms with Gasteiger partial charge in [-0.1, -0.05) is 18.9 Å². The third kappa shape index (κ3) is 2.29. The molecule has 1 aliphatic carbocycles. The Morgan fingerprint density at radius 3 is 2.69 bits per heavy atom. The zero-order chi connectivity index (χ0) is 11.7. The van der Waals surface area contributed by atoms with E-state index in [4.69, 9.17) is 0 Å². The van der Waals surface area contributed by atoms with Crippen LogP contribution in [0.5, 0.6) is 0 Å². The van der Waals surface area contributed by atoms with E-state index in [9.17, 15) is 13.6 Å². The lowest BCUT2D eigenvalue weighted by molar-refractivity contribution is 0.0969. The van der Waals surface area contributed by atoms with Gasteiger partial charge in [-0.25, -0.2) is 8.78 Å². The van der Waals surface area contributed by atoms with Crippen LogP contribution >= 0.6 is 0 Å². The van der Waals surface area contributed by atoms with E-state index < -0.39 is 17.4 Å². The molecule has 0 unspecified atom stereocenters. The Bertz CT molecular complexity index is 422. The molecular formula is C13H14F2O. The molecule has 1 aromatic rings. The molecule has 0 aromatic heterocycles. The maximum atomic E-state index is 13.6. The maximum Gasteiger partial charge on any atom is 0.168 e. The van der Waals surface area contributed by atoms with Gasteiger partial charge in [-0.3, -0.25) is 4.79 Å². The second-order valence-corrected chi connectivity index (χ2v) is 4.46. The Hall–Kier alpha value is -1.25. The molecule has 1 fully saturated rings. The van der Waals surface area contributed by atoms with E-state index in [1.807, 2.05) is 0 Å². The smallest absolute Gasteiger partial charge is 0.168 e. The molecule has 1 nitrogen and oxygen atoms in total. The molecule has 3 heteroatoms. The lowest BCUT2D eigenvalue weighted by Crippen LogP contribution is -2.07. The first-order valence-electron chi connectivity index (χ1n) is 5.57. The van der Waals surface area contributed by atoms with Crippen LogP contribution in [0.2, 0.25) is 0 Å². The van der Waals surface area contributed by atoms with Crippen molar-refractivity contribution in [3.05, 3.63) is 34.9 Å². The van der Waals surface area contributed by atoms with Gasteiger partial charge in [0, 0.05) is 6.42 Å². The number of aryl methyl sites for hydroxylation is 1. The highest BCUT2D eigenvalue weighted by atomic mass is 19.1. The maximum absolute atomic E-state index is 13.6. The van der Waals surface area contributed by atoms with E-state index >= 15 is 0 Å². The van der Waals surface area contributed by atoms with Gasteiger partial charge in [0.15, 0.2) is 5.78 Å². The van der Waals surface area contributed by atoms with Gasteiger partial charge in [-0.15, -0.1) is 0 Å². The fourth-order valence-corrected chi connectivity index (χ4v) is 1.78. The van der Waals surface area contributed by atoms with Crippen molar-refractivity contribution in [1.82, 2.24) is 0 Å². The summed E-state index contributed by atoms with van der Waals surface area (Å²) in [4.78, 5) is 11.7.